The van der Waals surface area contributed by atoms with E-state index < -0.39 is 110 Å². The van der Waals surface area contributed by atoms with Crippen LogP contribution in [-0.2, 0) is 60.6 Å². The van der Waals surface area contributed by atoms with Crippen molar-refractivity contribution in [3.63, 3.8) is 0 Å². The number of carbonyl (C=O) groups is 8. The molecule has 6 aromatic carbocycles. The van der Waals surface area contributed by atoms with E-state index in [1.807, 2.05) is 74.5 Å². The lowest BCUT2D eigenvalue weighted by Gasteiger charge is -2.45. The summed E-state index contributed by atoms with van der Waals surface area (Å²) in [5.41, 5.74) is 2.00. The van der Waals surface area contributed by atoms with Crippen LogP contribution in [0.15, 0.2) is 182 Å². The number of hydrogen-bond acceptors (Lipinski definition) is 16. The molecule has 1 aliphatic heterocycles. The van der Waals surface area contributed by atoms with Crippen LogP contribution in [0.2, 0.25) is 0 Å². The van der Waals surface area contributed by atoms with E-state index in [-0.39, 0.29) is 54.2 Å². The molecule has 0 aromatic heterocycles. The Balaban J connectivity index is 1.20. The third-order valence-electron chi connectivity index (χ3n) is 12.8. The van der Waals surface area contributed by atoms with E-state index in [4.69, 9.17) is 33.2 Å². The van der Waals surface area contributed by atoms with Gasteiger partial charge < -0.3 is 48.7 Å². The Kier molecular flexibility index (Phi) is 22.2. The highest BCUT2D eigenvalue weighted by Crippen LogP contribution is 2.31. The Hall–Kier alpha value is -9.20. The number of amides is 3. The van der Waals surface area contributed by atoms with Gasteiger partial charge in [0, 0.05) is 6.54 Å². The third kappa shape index (κ3) is 17.9. The predicted molar refractivity (Wildman–Crippen MR) is 294 cm³/mol. The first kappa shape index (κ1) is 59.5. The molecule has 1 heterocycles. The number of ether oxygens (including phenoxy) is 7. The minimum Gasteiger partial charge on any atom is -0.468 e. The molecule has 0 aliphatic carbocycles. The summed E-state index contributed by atoms with van der Waals surface area (Å²) < 4.78 is 41.4. The Morgan fingerprint density at radius 2 is 1.01 bits per heavy atom. The average Bonchev–Trinajstić information content (AvgIpc) is 3.52. The lowest BCUT2D eigenvalue weighted by atomic mass is 9.96. The van der Waals surface area contributed by atoms with Crippen molar-refractivity contribution in [2.24, 2.45) is 5.92 Å². The van der Waals surface area contributed by atoms with Gasteiger partial charge in [0.2, 0.25) is 11.8 Å². The highest BCUT2D eigenvalue weighted by Gasteiger charge is 2.53. The van der Waals surface area contributed by atoms with Crippen molar-refractivity contribution in [2.75, 3.05) is 33.4 Å². The SMILES string of the molecule is COC(=O)CN(C(=O)CN[C@@H]1O[C@H](COC(=O)c2ccccc2)[C@@H](OC(=O)c2ccccc2)[C@H](OC(=O)c2ccccc2)[C@H]1OC(=O)c1ccccc1)C(CC(C)C)C(=O)NC[C@H](Cc1ccccc1)NC(=O)OCc1ccccc1. The molecule has 0 saturated carbocycles. The molecule has 19 nitrogen and oxygen atoms in total. The van der Waals surface area contributed by atoms with E-state index in [1.165, 1.54) is 48.5 Å². The molecule has 1 saturated heterocycles. The molecule has 7 rings (SSSR count). The molecule has 3 N–H and O–H groups in total. The van der Waals surface area contributed by atoms with Crippen LogP contribution in [0.4, 0.5) is 4.79 Å². The molecule has 0 bridgehead atoms. The first-order chi connectivity index (χ1) is 39.3. The zero-order chi connectivity index (χ0) is 57.5. The number of carbonyl (C=O) groups excluding carboxylic acids is 8. The van der Waals surface area contributed by atoms with E-state index in [1.54, 1.807) is 72.8 Å². The molecule has 19 heteroatoms. The molecule has 0 spiro atoms. The number of nitrogens with one attached hydrogen (secondary N) is 3. The van der Waals surface area contributed by atoms with Gasteiger partial charge in [-0.3, -0.25) is 19.7 Å². The lowest BCUT2D eigenvalue weighted by molar-refractivity contribution is -0.235. The van der Waals surface area contributed by atoms with Crippen molar-refractivity contribution in [1.82, 2.24) is 20.9 Å². The second-order valence-electron chi connectivity index (χ2n) is 19.2. The number of alkyl carbamates (subject to hydrolysis) is 1. The average molecular weight is 1110 g/mol. The monoisotopic (exact) mass is 1100 g/mol. The van der Waals surface area contributed by atoms with Gasteiger partial charge in [0.25, 0.3) is 0 Å². The van der Waals surface area contributed by atoms with Crippen molar-refractivity contribution >= 4 is 47.8 Å². The normalized spacial score (nSPS) is 17.2. The van der Waals surface area contributed by atoms with Gasteiger partial charge in [-0.1, -0.05) is 147 Å². The van der Waals surface area contributed by atoms with Crippen molar-refractivity contribution in [3.8, 4) is 0 Å². The number of rotatable bonds is 25. The quantitative estimate of drug-likeness (QED) is 0.0390. The molecular formula is C62H64N4O15. The second kappa shape index (κ2) is 30.2. The second-order valence-corrected chi connectivity index (χ2v) is 19.2. The summed E-state index contributed by atoms with van der Waals surface area (Å²) in [6, 6.07) is 47.9. The Bertz CT molecular complexity index is 3010. The van der Waals surface area contributed by atoms with Crippen molar-refractivity contribution < 1.29 is 71.5 Å². The zero-order valence-electron chi connectivity index (χ0n) is 45.0. The number of hydrogen-bond donors (Lipinski definition) is 3. The van der Waals surface area contributed by atoms with Crippen LogP contribution < -0.4 is 16.0 Å². The number of nitrogens with zero attached hydrogens (tertiary/aromatic N) is 1. The van der Waals surface area contributed by atoms with Crippen LogP contribution in [0.5, 0.6) is 0 Å². The van der Waals surface area contributed by atoms with Gasteiger partial charge >= 0.3 is 35.9 Å². The van der Waals surface area contributed by atoms with E-state index in [0.717, 1.165) is 23.1 Å². The van der Waals surface area contributed by atoms with Crippen LogP contribution in [0, 0.1) is 5.92 Å². The van der Waals surface area contributed by atoms with E-state index in [0.29, 0.717) is 0 Å². The Morgan fingerprint density at radius 3 is 1.51 bits per heavy atom. The minimum absolute atomic E-state index is 0.00155. The largest absolute Gasteiger partial charge is 0.468 e. The third-order valence-corrected chi connectivity index (χ3v) is 12.8. The maximum atomic E-state index is 14.9. The fraction of sp³-hybridized carbons (Fsp3) is 0.290. The standard InChI is InChI=1S/C62H64N4O15/c1-41(2)34-49(56(69)63-36-48(35-42-22-10-4-11-23-42)65-62(74)77-39-43-24-12-5-13-25-43)66(38-52(68)75-3)51(67)37-64-57-55(81-61(73)47-32-20-9-21-33-47)54(80-60(72)46-30-18-8-19-31-46)53(79-59(71)45-28-16-7-17-29-45)50(78-57)40-76-58(70)44-26-14-6-15-27-44/h4-33,41,48-50,53-55,57,64H,34-40H2,1-3H3,(H,63,69)(H,65,74)/t48-,49?,50+,53+,54-,55+,57+/m0/s1. The summed E-state index contributed by atoms with van der Waals surface area (Å²) >= 11 is 0. The summed E-state index contributed by atoms with van der Waals surface area (Å²) in [5.74, 6) is -6.17. The highest BCUT2D eigenvalue weighted by molar-refractivity contribution is 5.93. The van der Waals surface area contributed by atoms with Gasteiger partial charge in [-0.05, 0) is 78.4 Å². The van der Waals surface area contributed by atoms with E-state index in [2.05, 4.69) is 16.0 Å². The molecule has 422 valence electrons. The highest BCUT2D eigenvalue weighted by atomic mass is 16.7. The van der Waals surface area contributed by atoms with Gasteiger partial charge in [-0.15, -0.1) is 0 Å². The van der Waals surface area contributed by atoms with Gasteiger partial charge in [-0.2, -0.15) is 0 Å². The van der Waals surface area contributed by atoms with Crippen LogP contribution in [0.1, 0.15) is 72.8 Å². The molecule has 3 amide bonds. The van der Waals surface area contributed by atoms with Crippen LogP contribution in [-0.4, -0.2) is 129 Å². The minimum atomic E-state index is -1.75. The summed E-state index contributed by atoms with van der Waals surface area (Å²) in [7, 11) is 1.13. The molecule has 1 unspecified atom stereocenters. The summed E-state index contributed by atoms with van der Waals surface area (Å²) in [4.78, 5) is 113. The Labute approximate surface area is 469 Å². The maximum Gasteiger partial charge on any atom is 0.407 e. The molecule has 0 radical (unpaired) electrons. The summed E-state index contributed by atoms with van der Waals surface area (Å²) in [6.07, 6.45) is -8.72. The van der Waals surface area contributed by atoms with Crippen molar-refractivity contribution in [2.45, 2.75) is 76.0 Å². The Morgan fingerprint density at radius 1 is 0.556 bits per heavy atom. The van der Waals surface area contributed by atoms with Crippen molar-refractivity contribution in [3.05, 3.63) is 215 Å². The number of esters is 5. The molecule has 7 atom stereocenters. The van der Waals surface area contributed by atoms with Crippen molar-refractivity contribution in [1.29, 1.82) is 0 Å². The van der Waals surface area contributed by atoms with Gasteiger partial charge in [0.05, 0.1) is 42.0 Å². The van der Waals surface area contributed by atoms with Gasteiger partial charge in [-0.25, -0.2) is 24.0 Å². The summed E-state index contributed by atoms with van der Waals surface area (Å²) in [5, 5.41) is 8.69. The van der Waals surface area contributed by atoms with E-state index >= 15 is 0 Å². The lowest BCUT2D eigenvalue weighted by Crippen LogP contribution is -2.66. The molecule has 1 fully saturated rings. The fourth-order valence-corrected chi connectivity index (χ4v) is 8.76. The molecule has 1 aliphatic rings. The zero-order valence-corrected chi connectivity index (χ0v) is 45.0. The van der Waals surface area contributed by atoms with Gasteiger partial charge in [0.1, 0.15) is 31.9 Å². The fourth-order valence-electron chi connectivity index (χ4n) is 8.76. The number of benzene rings is 6. The molecule has 6 aromatic rings. The predicted octanol–water partition coefficient (Wildman–Crippen LogP) is 6.90. The molecular weight excluding hydrogens is 1040 g/mol. The molecule has 81 heavy (non-hydrogen) atoms. The van der Waals surface area contributed by atoms with Gasteiger partial charge in [0.15, 0.2) is 24.5 Å². The smallest absolute Gasteiger partial charge is 0.407 e. The van der Waals surface area contributed by atoms with Crippen LogP contribution >= 0.6 is 0 Å². The maximum absolute atomic E-state index is 14.9. The van der Waals surface area contributed by atoms with E-state index in [9.17, 15) is 38.4 Å². The van der Waals surface area contributed by atoms with Crippen LogP contribution in [0.3, 0.4) is 0 Å². The van der Waals surface area contributed by atoms with Crippen LogP contribution in [0.25, 0.3) is 0 Å². The summed E-state index contributed by atoms with van der Waals surface area (Å²) in [6.45, 7) is 1.45. The topological polar surface area (TPSA) is 240 Å². The first-order valence-corrected chi connectivity index (χ1v) is 26.3. The number of methoxy groups -OCH3 is 1. The first-order valence-electron chi connectivity index (χ1n) is 26.3.